The van der Waals surface area contributed by atoms with Crippen molar-refractivity contribution in [2.75, 3.05) is 29.9 Å². The first-order valence-corrected chi connectivity index (χ1v) is 13.1. The Balaban J connectivity index is 1.15. The number of nitrogens with zero attached hydrogens (tertiary/aromatic N) is 7. The Morgan fingerprint density at radius 2 is 1.97 bits per heavy atom. The molecular weight excluding hydrogens is 497 g/mol. The Morgan fingerprint density at radius 1 is 1.08 bits per heavy atom. The summed E-state index contributed by atoms with van der Waals surface area (Å²) in [5, 5.41) is 6.78. The summed E-state index contributed by atoms with van der Waals surface area (Å²) in [7, 11) is 1.88. The normalized spacial score (nSPS) is 17.6. The highest BCUT2D eigenvalue weighted by molar-refractivity contribution is 5.88. The second-order valence-corrected chi connectivity index (χ2v) is 10.3. The lowest BCUT2D eigenvalue weighted by atomic mass is 10.1. The first kappa shape index (κ1) is 23.7. The van der Waals surface area contributed by atoms with E-state index < -0.39 is 5.82 Å². The number of ether oxygens (including phenoxy) is 1. The van der Waals surface area contributed by atoms with Crippen LogP contribution < -0.4 is 20.3 Å². The van der Waals surface area contributed by atoms with Gasteiger partial charge in [0.2, 0.25) is 0 Å². The number of imidazole rings is 1. The van der Waals surface area contributed by atoms with Crippen molar-refractivity contribution in [2.45, 2.75) is 25.8 Å². The van der Waals surface area contributed by atoms with Crippen LogP contribution >= 0.6 is 0 Å². The molecule has 4 aromatic heterocycles. The third kappa shape index (κ3) is 4.48. The van der Waals surface area contributed by atoms with Gasteiger partial charge < -0.3 is 24.8 Å². The Kier molecular flexibility index (Phi) is 5.73. The number of aryl methyl sites for hydroxylation is 1. The number of hydrogen-bond donors (Lipinski definition) is 2. The van der Waals surface area contributed by atoms with Crippen molar-refractivity contribution in [3.8, 4) is 11.5 Å². The standard InChI is InChI=1S/C28H28FN9O/c1-16-23(39-18-11-21-28(31-12-18)37(2)15-34-21)7-5-19(25(16)29)35-27-26-20(32-14-33-27)6-8-24(36-26)38-10-9-30-22(13-38)17-3-4-17/h5-8,11-12,14-15,17,22,30H,3-4,9-10,13H2,1-2H3,(H,32,33,35)/t22-/m1/s1. The molecule has 11 heteroatoms. The summed E-state index contributed by atoms with van der Waals surface area (Å²) < 4.78 is 23.3. The van der Waals surface area contributed by atoms with Gasteiger partial charge in [0.15, 0.2) is 17.3 Å². The van der Waals surface area contributed by atoms with Crippen molar-refractivity contribution in [1.82, 2.24) is 34.8 Å². The molecule has 1 atom stereocenters. The molecule has 0 radical (unpaired) electrons. The largest absolute Gasteiger partial charge is 0.455 e. The van der Waals surface area contributed by atoms with E-state index in [4.69, 9.17) is 9.72 Å². The Morgan fingerprint density at radius 3 is 2.85 bits per heavy atom. The number of piperazine rings is 1. The predicted molar refractivity (Wildman–Crippen MR) is 147 cm³/mol. The van der Waals surface area contributed by atoms with Gasteiger partial charge >= 0.3 is 0 Å². The van der Waals surface area contributed by atoms with E-state index in [2.05, 4.69) is 35.5 Å². The smallest absolute Gasteiger partial charge is 0.160 e. The lowest BCUT2D eigenvalue weighted by Gasteiger charge is -2.34. The van der Waals surface area contributed by atoms with E-state index in [0.29, 0.717) is 45.5 Å². The number of nitrogens with one attached hydrogen (secondary N) is 2. The van der Waals surface area contributed by atoms with Crippen molar-refractivity contribution in [3.63, 3.8) is 0 Å². The Labute approximate surface area is 224 Å². The lowest BCUT2D eigenvalue weighted by Crippen LogP contribution is -2.52. The molecular formula is C28H28FN9O. The zero-order valence-electron chi connectivity index (χ0n) is 21.7. The van der Waals surface area contributed by atoms with Crippen LogP contribution in [0.15, 0.2) is 49.2 Å². The zero-order valence-corrected chi connectivity index (χ0v) is 21.7. The van der Waals surface area contributed by atoms with Gasteiger partial charge in [-0.15, -0.1) is 0 Å². The van der Waals surface area contributed by atoms with Crippen molar-refractivity contribution in [1.29, 1.82) is 0 Å². The molecule has 39 heavy (non-hydrogen) atoms. The molecule has 1 aliphatic heterocycles. The molecule has 198 valence electrons. The molecule has 10 nitrogen and oxygen atoms in total. The molecule has 5 heterocycles. The first-order valence-electron chi connectivity index (χ1n) is 13.1. The topological polar surface area (TPSA) is 106 Å². The maximum atomic E-state index is 15.5. The van der Waals surface area contributed by atoms with Gasteiger partial charge in [0.25, 0.3) is 0 Å². The van der Waals surface area contributed by atoms with Gasteiger partial charge in [0.05, 0.1) is 23.7 Å². The van der Waals surface area contributed by atoms with Crippen LogP contribution in [0.5, 0.6) is 11.5 Å². The van der Waals surface area contributed by atoms with Crippen molar-refractivity contribution in [2.24, 2.45) is 13.0 Å². The fraction of sp³-hybridized carbons (Fsp3) is 0.321. The van der Waals surface area contributed by atoms with E-state index in [-0.39, 0.29) is 5.69 Å². The van der Waals surface area contributed by atoms with Gasteiger partial charge in [0.1, 0.15) is 34.7 Å². The van der Waals surface area contributed by atoms with Gasteiger partial charge in [-0.2, -0.15) is 0 Å². The fourth-order valence-electron chi connectivity index (χ4n) is 5.18. The van der Waals surface area contributed by atoms with Gasteiger partial charge in [-0.3, -0.25) is 0 Å². The molecule has 0 bridgehead atoms. The highest BCUT2D eigenvalue weighted by Gasteiger charge is 2.34. The monoisotopic (exact) mass is 525 g/mol. The predicted octanol–water partition coefficient (Wildman–Crippen LogP) is 4.48. The zero-order chi connectivity index (χ0) is 26.5. The fourth-order valence-corrected chi connectivity index (χ4v) is 5.18. The van der Waals surface area contributed by atoms with E-state index >= 15 is 4.39 Å². The molecule has 2 aliphatic rings. The molecule has 1 aliphatic carbocycles. The third-order valence-electron chi connectivity index (χ3n) is 7.53. The summed E-state index contributed by atoms with van der Waals surface area (Å²) in [6, 6.07) is 9.60. The number of pyridine rings is 2. The number of hydrogen-bond acceptors (Lipinski definition) is 9. The van der Waals surface area contributed by atoms with E-state index in [1.165, 1.54) is 19.2 Å². The number of rotatable bonds is 6. The van der Waals surface area contributed by atoms with Gasteiger partial charge in [0, 0.05) is 44.4 Å². The molecule has 5 aromatic rings. The van der Waals surface area contributed by atoms with E-state index in [0.717, 1.165) is 37.0 Å². The second kappa shape index (κ2) is 9.42. The maximum Gasteiger partial charge on any atom is 0.160 e. The average Bonchev–Trinajstić information content (AvgIpc) is 3.76. The SMILES string of the molecule is Cc1c(Oc2cnc3c(c2)ncn3C)ccc(Nc2ncnc3ccc(N4CCN[C@@H](C5CC5)C4)nc23)c1F. The van der Waals surface area contributed by atoms with Crippen molar-refractivity contribution < 1.29 is 9.13 Å². The molecule has 1 saturated carbocycles. The summed E-state index contributed by atoms with van der Waals surface area (Å²) in [5.41, 5.74) is 3.39. The highest BCUT2D eigenvalue weighted by atomic mass is 19.1. The Hall–Kier alpha value is -4.38. The Bertz CT molecular complexity index is 1700. The number of aromatic nitrogens is 6. The van der Waals surface area contributed by atoms with Crippen molar-refractivity contribution in [3.05, 3.63) is 60.6 Å². The van der Waals surface area contributed by atoms with Gasteiger partial charge in [-0.25, -0.2) is 29.3 Å². The summed E-state index contributed by atoms with van der Waals surface area (Å²) in [6.45, 7) is 4.42. The van der Waals surface area contributed by atoms with E-state index in [1.807, 2.05) is 23.7 Å². The van der Waals surface area contributed by atoms with Crippen LogP contribution in [-0.4, -0.2) is 55.2 Å². The minimum Gasteiger partial charge on any atom is -0.455 e. The van der Waals surface area contributed by atoms with Crippen LogP contribution in [-0.2, 0) is 7.05 Å². The van der Waals surface area contributed by atoms with Crippen molar-refractivity contribution >= 4 is 39.5 Å². The van der Waals surface area contributed by atoms with Gasteiger partial charge in [-0.05, 0) is 49.9 Å². The maximum absolute atomic E-state index is 15.5. The molecule has 2 N–H and O–H groups in total. The molecule has 2 fully saturated rings. The van der Waals surface area contributed by atoms with Crippen LogP contribution in [0.1, 0.15) is 18.4 Å². The van der Waals surface area contributed by atoms with Crippen LogP contribution in [0.2, 0.25) is 0 Å². The minimum atomic E-state index is -0.434. The molecule has 1 aromatic carbocycles. The van der Waals surface area contributed by atoms with Gasteiger partial charge in [-0.1, -0.05) is 0 Å². The van der Waals surface area contributed by atoms with Crippen LogP contribution in [0.4, 0.5) is 21.7 Å². The second-order valence-electron chi connectivity index (χ2n) is 10.3. The number of halogens is 1. The number of fused-ring (bicyclic) bond motifs is 2. The summed E-state index contributed by atoms with van der Waals surface area (Å²) >= 11 is 0. The van der Waals surface area contributed by atoms with Crippen LogP contribution in [0.25, 0.3) is 22.2 Å². The summed E-state index contributed by atoms with van der Waals surface area (Å²) in [5.74, 6) is 2.54. The molecule has 7 rings (SSSR count). The number of anilines is 3. The average molecular weight is 526 g/mol. The summed E-state index contributed by atoms with van der Waals surface area (Å²) in [6.07, 6.45) is 7.35. The quantitative estimate of drug-likeness (QED) is 0.332. The van der Waals surface area contributed by atoms with Crippen LogP contribution in [0, 0.1) is 18.7 Å². The number of benzene rings is 1. The molecule has 0 amide bonds. The van der Waals surface area contributed by atoms with Crippen LogP contribution in [0.3, 0.4) is 0 Å². The summed E-state index contributed by atoms with van der Waals surface area (Å²) in [4.78, 5) is 24.7. The third-order valence-corrected chi connectivity index (χ3v) is 7.53. The minimum absolute atomic E-state index is 0.279. The molecule has 0 spiro atoms. The van der Waals surface area contributed by atoms with E-state index in [1.54, 1.807) is 37.6 Å². The molecule has 1 saturated heterocycles. The first-order chi connectivity index (χ1) is 19.0. The van der Waals surface area contributed by atoms with E-state index in [9.17, 15) is 0 Å². The lowest BCUT2D eigenvalue weighted by molar-refractivity contribution is 0.417. The molecule has 0 unspecified atom stereocenters. The highest BCUT2D eigenvalue weighted by Crippen LogP contribution is 2.35.